The third-order valence-corrected chi connectivity index (χ3v) is 4.16. The van der Waals surface area contributed by atoms with E-state index in [1.54, 1.807) is 0 Å². The summed E-state index contributed by atoms with van der Waals surface area (Å²) < 4.78 is 26.2. The number of aromatic amines is 1. The van der Waals surface area contributed by atoms with E-state index in [1.165, 1.54) is 12.1 Å². The van der Waals surface area contributed by atoms with Crippen molar-refractivity contribution < 1.29 is 13.5 Å². The zero-order valence-electron chi connectivity index (χ0n) is 10.2. The molecule has 0 saturated carbocycles. The van der Waals surface area contributed by atoms with Crippen LogP contribution in [0.3, 0.4) is 0 Å². The number of nitrogens with one attached hydrogen (secondary N) is 2. The van der Waals surface area contributed by atoms with Crippen LogP contribution in [0.4, 0.5) is 0 Å². The summed E-state index contributed by atoms with van der Waals surface area (Å²) in [7, 11) is -3.60. The maximum absolute atomic E-state index is 11.9. The van der Waals surface area contributed by atoms with Gasteiger partial charge in [-0.25, -0.2) is 13.1 Å². The summed E-state index contributed by atoms with van der Waals surface area (Å²) in [6, 6.07) is 2.42. The van der Waals surface area contributed by atoms with Crippen LogP contribution in [0.2, 0.25) is 0 Å². The van der Waals surface area contributed by atoms with Gasteiger partial charge in [-0.1, -0.05) is 13.3 Å². The van der Waals surface area contributed by atoms with Gasteiger partial charge in [0.1, 0.15) is 0 Å². The van der Waals surface area contributed by atoms with Crippen LogP contribution >= 0.6 is 0 Å². The van der Waals surface area contributed by atoms with Gasteiger partial charge in [-0.15, -0.1) is 0 Å². The van der Waals surface area contributed by atoms with Crippen LogP contribution in [-0.4, -0.2) is 31.7 Å². The molecule has 1 unspecified atom stereocenters. The molecule has 6 nitrogen and oxygen atoms in total. The molecule has 18 heavy (non-hydrogen) atoms. The number of aromatic nitrogens is 1. The highest BCUT2D eigenvalue weighted by atomic mass is 32.2. The minimum Gasteiger partial charge on any atom is -0.396 e. The molecule has 0 aromatic carbocycles. The Hall–Kier alpha value is -1.18. The van der Waals surface area contributed by atoms with E-state index in [0.29, 0.717) is 6.42 Å². The fraction of sp³-hybridized carbons (Fsp3) is 0.545. The fourth-order valence-corrected chi connectivity index (χ4v) is 2.59. The quantitative estimate of drug-likeness (QED) is 0.654. The van der Waals surface area contributed by atoms with Gasteiger partial charge in [0.25, 0.3) is 0 Å². The van der Waals surface area contributed by atoms with Gasteiger partial charge in [-0.05, 0) is 18.4 Å². The predicted molar refractivity (Wildman–Crippen MR) is 67.7 cm³/mol. The highest BCUT2D eigenvalue weighted by Crippen LogP contribution is 2.09. The van der Waals surface area contributed by atoms with Crippen LogP contribution in [0.25, 0.3) is 0 Å². The number of pyridine rings is 1. The molecule has 102 valence electrons. The molecular weight excluding hydrogens is 256 g/mol. The Kier molecular flexibility index (Phi) is 5.52. The maximum atomic E-state index is 11.9. The van der Waals surface area contributed by atoms with Crippen molar-refractivity contribution in [2.24, 2.45) is 5.92 Å². The topological polar surface area (TPSA) is 99.3 Å². The van der Waals surface area contributed by atoms with Crippen molar-refractivity contribution in [2.75, 3.05) is 13.2 Å². The number of sulfonamides is 1. The molecule has 1 atom stereocenters. The minimum atomic E-state index is -3.60. The van der Waals surface area contributed by atoms with Crippen molar-refractivity contribution in [1.82, 2.24) is 9.71 Å². The highest BCUT2D eigenvalue weighted by Gasteiger charge is 2.16. The normalized spacial score (nSPS) is 13.4. The Bertz CT molecular complexity index is 504. The minimum absolute atomic E-state index is 0.0287. The number of H-pyrrole nitrogens is 1. The molecule has 3 N–H and O–H groups in total. The lowest BCUT2D eigenvalue weighted by Crippen LogP contribution is -2.30. The molecule has 1 aromatic rings. The molecule has 0 aliphatic carbocycles. The van der Waals surface area contributed by atoms with E-state index in [0.717, 1.165) is 12.6 Å². The molecular formula is C11H18N2O4S. The number of aliphatic hydroxyl groups is 1. The molecule has 0 bridgehead atoms. The van der Waals surface area contributed by atoms with Crippen LogP contribution in [0.1, 0.15) is 19.8 Å². The predicted octanol–water partition coefficient (Wildman–Crippen LogP) is 0.0618. The molecule has 0 fully saturated rings. The Labute approximate surface area is 106 Å². The van der Waals surface area contributed by atoms with Gasteiger partial charge in [0.2, 0.25) is 15.6 Å². The lowest BCUT2D eigenvalue weighted by Gasteiger charge is -2.14. The zero-order valence-corrected chi connectivity index (χ0v) is 11.0. The van der Waals surface area contributed by atoms with E-state index in [9.17, 15) is 13.2 Å². The second-order valence-corrected chi connectivity index (χ2v) is 5.79. The first-order chi connectivity index (χ1) is 8.49. The van der Waals surface area contributed by atoms with Crippen molar-refractivity contribution in [3.63, 3.8) is 0 Å². The van der Waals surface area contributed by atoms with Crippen molar-refractivity contribution in [1.29, 1.82) is 0 Å². The fourth-order valence-electron chi connectivity index (χ4n) is 1.51. The monoisotopic (exact) mass is 274 g/mol. The Morgan fingerprint density at radius 2 is 2.17 bits per heavy atom. The summed E-state index contributed by atoms with van der Waals surface area (Å²) in [5.74, 6) is 0.104. The molecule has 0 radical (unpaired) electrons. The molecule has 1 aromatic heterocycles. The highest BCUT2D eigenvalue weighted by molar-refractivity contribution is 7.89. The molecule has 0 saturated heterocycles. The third-order valence-electron chi connectivity index (χ3n) is 2.74. The van der Waals surface area contributed by atoms with Gasteiger partial charge in [0, 0.05) is 25.4 Å². The van der Waals surface area contributed by atoms with E-state index in [2.05, 4.69) is 9.71 Å². The van der Waals surface area contributed by atoms with Crippen LogP contribution in [0.15, 0.2) is 28.0 Å². The summed E-state index contributed by atoms with van der Waals surface area (Å²) in [5.41, 5.74) is -0.347. The van der Waals surface area contributed by atoms with Crippen molar-refractivity contribution in [2.45, 2.75) is 24.7 Å². The zero-order chi connectivity index (χ0) is 13.6. The van der Waals surface area contributed by atoms with Crippen molar-refractivity contribution in [3.8, 4) is 0 Å². The van der Waals surface area contributed by atoms with E-state index in [4.69, 9.17) is 5.11 Å². The van der Waals surface area contributed by atoms with E-state index in [-0.39, 0.29) is 29.5 Å². The van der Waals surface area contributed by atoms with Crippen LogP contribution in [0, 0.1) is 5.92 Å². The van der Waals surface area contributed by atoms with E-state index >= 15 is 0 Å². The summed E-state index contributed by atoms with van der Waals surface area (Å²) in [4.78, 5) is 13.2. The van der Waals surface area contributed by atoms with E-state index < -0.39 is 10.0 Å². The van der Waals surface area contributed by atoms with Gasteiger partial charge in [0.05, 0.1) is 4.90 Å². The average Bonchev–Trinajstić information content (AvgIpc) is 2.35. The first-order valence-electron chi connectivity index (χ1n) is 5.79. The van der Waals surface area contributed by atoms with Gasteiger partial charge >= 0.3 is 0 Å². The smallest absolute Gasteiger partial charge is 0.247 e. The summed E-state index contributed by atoms with van der Waals surface area (Å²) in [6.07, 6.45) is 2.51. The van der Waals surface area contributed by atoms with Gasteiger partial charge in [0.15, 0.2) is 0 Å². The molecule has 7 heteroatoms. The molecule has 0 aliphatic heterocycles. The first kappa shape index (κ1) is 14.9. The molecule has 0 aliphatic rings. The Morgan fingerprint density at radius 1 is 1.44 bits per heavy atom. The van der Waals surface area contributed by atoms with Gasteiger partial charge in [-0.2, -0.15) is 0 Å². The Balaban J connectivity index is 2.70. The Morgan fingerprint density at radius 3 is 2.67 bits per heavy atom. The molecule has 1 heterocycles. The van der Waals surface area contributed by atoms with Crippen LogP contribution < -0.4 is 10.3 Å². The largest absolute Gasteiger partial charge is 0.396 e. The van der Waals surface area contributed by atoms with Crippen LogP contribution in [-0.2, 0) is 10.0 Å². The van der Waals surface area contributed by atoms with E-state index in [1.807, 2.05) is 6.92 Å². The summed E-state index contributed by atoms with van der Waals surface area (Å²) in [5, 5.41) is 8.83. The summed E-state index contributed by atoms with van der Waals surface area (Å²) in [6.45, 7) is 2.26. The maximum Gasteiger partial charge on any atom is 0.247 e. The van der Waals surface area contributed by atoms with Crippen molar-refractivity contribution in [3.05, 3.63) is 28.7 Å². The second kappa shape index (κ2) is 6.67. The molecule has 0 spiro atoms. The average molecular weight is 274 g/mol. The number of rotatable bonds is 7. The number of hydrogen-bond acceptors (Lipinski definition) is 4. The second-order valence-electron chi connectivity index (χ2n) is 4.03. The van der Waals surface area contributed by atoms with Crippen LogP contribution in [0.5, 0.6) is 0 Å². The third kappa shape index (κ3) is 4.25. The first-order valence-corrected chi connectivity index (χ1v) is 7.27. The SMILES string of the molecule is CCC(CCO)CNS(=O)(=O)c1ccc(=O)[nH]c1. The molecule has 0 amide bonds. The lowest BCUT2D eigenvalue weighted by atomic mass is 10.0. The lowest BCUT2D eigenvalue weighted by molar-refractivity contribution is 0.254. The standard InChI is InChI=1S/C11H18N2O4S/c1-2-9(5-6-14)7-13-18(16,17)10-3-4-11(15)12-8-10/h3-4,8-9,13-14H,2,5-7H2,1H3,(H,12,15). The number of aliphatic hydroxyl groups excluding tert-OH is 1. The van der Waals surface area contributed by atoms with Crippen molar-refractivity contribution >= 4 is 10.0 Å². The van der Waals surface area contributed by atoms with Gasteiger partial charge < -0.3 is 10.1 Å². The number of hydrogen-bond donors (Lipinski definition) is 3. The summed E-state index contributed by atoms with van der Waals surface area (Å²) >= 11 is 0. The molecule has 1 rings (SSSR count). The van der Waals surface area contributed by atoms with Gasteiger partial charge in [-0.3, -0.25) is 4.79 Å².